The van der Waals surface area contributed by atoms with Crippen LogP contribution in [0.4, 0.5) is 5.13 Å². The molecule has 0 bridgehead atoms. The van der Waals surface area contributed by atoms with E-state index in [1.807, 2.05) is 25.1 Å². The number of sulfonamides is 1. The third-order valence-corrected chi connectivity index (χ3v) is 8.56. The number of nitrogens with zero attached hydrogens (tertiary/aromatic N) is 3. The molecule has 152 valence electrons. The predicted octanol–water partition coefficient (Wildman–Crippen LogP) is 3.59. The lowest BCUT2D eigenvalue weighted by molar-refractivity contribution is -0.120. The predicted molar refractivity (Wildman–Crippen MR) is 116 cm³/mol. The molecule has 1 aliphatic heterocycles. The first-order chi connectivity index (χ1) is 13.4. The summed E-state index contributed by atoms with van der Waals surface area (Å²) in [4.78, 5) is 12.5. The van der Waals surface area contributed by atoms with Gasteiger partial charge in [0.05, 0.1) is 5.75 Å². The fourth-order valence-corrected chi connectivity index (χ4v) is 6.62. The van der Waals surface area contributed by atoms with Crippen molar-refractivity contribution in [1.82, 2.24) is 14.5 Å². The lowest BCUT2D eigenvalue weighted by atomic mass is 9.97. The van der Waals surface area contributed by atoms with E-state index in [1.54, 1.807) is 17.8 Å². The molecule has 0 aliphatic carbocycles. The van der Waals surface area contributed by atoms with Gasteiger partial charge in [-0.2, -0.15) is 0 Å². The molecule has 0 unspecified atom stereocenters. The Morgan fingerprint density at radius 2 is 2.11 bits per heavy atom. The molecule has 1 aromatic heterocycles. The fourth-order valence-electron chi connectivity index (χ4n) is 2.97. The average Bonchev–Trinajstić information content (AvgIpc) is 3.09. The lowest BCUT2D eigenvalue weighted by Crippen LogP contribution is -2.41. The molecule has 0 radical (unpaired) electrons. The van der Waals surface area contributed by atoms with Crippen molar-refractivity contribution >= 4 is 60.1 Å². The molecule has 0 atom stereocenters. The van der Waals surface area contributed by atoms with E-state index in [9.17, 15) is 13.2 Å². The Balaban J connectivity index is 1.53. The van der Waals surface area contributed by atoms with E-state index in [0.29, 0.717) is 31.1 Å². The van der Waals surface area contributed by atoms with Gasteiger partial charge in [-0.15, -0.1) is 10.2 Å². The summed E-state index contributed by atoms with van der Waals surface area (Å²) in [6.07, 6.45) is 0.998. The number of piperidine rings is 1. The SMILES string of the molecule is CCSc1nnc(NC(=O)C2CCN(S(=O)(=O)Cc3cccc(Br)c3)CC2)s1. The fraction of sp³-hybridized carbons (Fsp3) is 0.471. The van der Waals surface area contributed by atoms with Gasteiger partial charge in [-0.3, -0.25) is 4.79 Å². The van der Waals surface area contributed by atoms with Crippen LogP contribution in [0, 0.1) is 5.92 Å². The molecule has 2 heterocycles. The van der Waals surface area contributed by atoms with Crippen molar-refractivity contribution in [2.24, 2.45) is 5.92 Å². The summed E-state index contributed by atoms with van der Waals surface area (Å²) in [6, 6.07) is 7.30. The molecule has 1 aliphatic rings. The van der Waals surface area contributed by atoms with E-state index in [4.69, 9.17) is 0 Å². The first-order valence-electron chi connectivity index (χ1n) is 8.87. The van der Waals surface area contributed by atoms with E-state index < -0.39 is 10.0 Å². The number of aromatic nitrogens is 2. The Morgan fingerprint density at radius 3 is 2.79 bits per heavy atom. The third-order valence-electron chi connectivity index (χ3n) is 4.36. The van der Waals surface area contributed by atoms with Crippen LogP contribution in [-0.4, -0.2) is 47.7 Å². The summed E-state index contributed by atoms with van der Waals surface area (Å²) >= 11 is 6.30. The molecule has 1 amide bonds. The number of rotatable bonds is 7. The van der Waals surface area contributed by atoms with E-state index in [2.05, 4.69) is 31.4 Å². The number of nitrogens with one attached hydrogen (secondary N) is 1. The van der Waals surface area contributed by atoms with Crippen LogP contribution in [0.5, 0.6) is 0 Å². The normalized spacial score (nSPS) is 16.2. The van der Waals surface area contributed by atoms with Gasteiger partial charge in [0.25, 0.3) is 0 Å². The molecule has 1 fully saturated rings. The number of anilines is 1. The minimum Gasteiger partial charge on any atom is -0.300 e. The zero-order chi connectivity index (χ0) is 20.1. The zero-order valence-corrected chi connectivity index (χ0v) is 19.3. The van der Waals surface area contributed by atoms with Gasteiger partial charge < -0.3 is 5.32 Å². The van der Waals surface area contributed by atoms with Gasteiger partial charge in [-0.25, -0.2) is 12.7 Å². The van der Waals surface area contributed by atoms with Gasteiger partial charge in [0.15, 0.2) is 4.34 Å². The first kappa shape index (κ1) is 21.7. The Bertz CT molecular complexity index is 927. The summed E-state index contributed by atoms with van der Waals surface area (Å²) in [5, 5.41) is 11.3. The Kier molecular flexibility index (Phi) is 7.48. The molecule has 3 rings (SSSR count). The highest BCUT2D eigenvalue weighted by molar-refractivity contribution is 9.10. The lowest BCUT2D eigenvalue weighted by Gasteiger charge is -2.30. The van der Waals surface area contributed by atoms with Gasteiger partial charge in [-0.05, 0) is 36.3 Å². The number of thioether (sulfide) groups is 1. The van der Waals surface area contributed by atoms with E-state index >= 15 is 0 Å². The van der Waals surface area contributed by atoms with Gasteiger partial charge in [0.1, 0.15) is 0 Å². The summed E-state index contributed by atoms with van der Waals surface area (Å²) in [5.41, 5.74) is 0.742. The Hall–Kier alpha value is -1.01. The number of hydrogen-bond donors (Lipinski definition) is 1. The van der Waals surface area contributed by atoms with E-state index in [-0.39, 0.29) is 17.6 Å². The van der Waals surface area contributed by atoms with Crippen LogP contribution in [0.3, 0.4) is 0 Å². The number of halogens is 1. The third kappa shape index (κ3) is 5.76. The van der Waals surface area contributed by atoms with Gasteiger partial charge in [0.2, 0.25) is 21.1 Å². The summed E-state index contributed by atoms with van der Waals surface area (Å²) in [7, 11) is -3.41. The standard InChI is InChI=1S/C17H21BrN4O3S3/c1-2-26-17-21-20-16(27-17)19-15(23)13-6-8-22(9-7-13)28(24,25)11-12-4-3-5-14(18)10-12/h3-5,10,13H,2,6-9,11H2,1H3,(H,19,20,23). The zero-order valence-electron chi connectivity index (χ0n) is 15.3. The van der Waals surface area contributed by atoms with Crippen molar-refractivity contribution in [1.29, 1.82) is 0 Å². The molecule has 1 saturated heterocycles. The van der Waals surface area contributed by atoms with Crippen LogP contribution < -0.4 is 5.32 Å². The number of hydrogen-bond acceptors (Lipinski definition) is 7. The Morgan fingerprint density at radius 1 is 1.36 bits per heavy atom. The molecular weight excluding hydrogens is 484 g/mol. The second-order valence-electron chi connectivity index (χ2n) is 6.35. The maximum absolute atomic E-state index is 12.7. The molecule has 1 N–H and O–H groups in total. The van der Waals surface area contributed by atoms with Gasteiger partial charge >= 0.3 is 0 Å². The van der Waals surface area contributed by atoms with Crippen molar-refractivity contribution in [3.63, 3.8) is 0 Å². The van der Waals surface area contributed by atoms with Crippen molar-refractivity contribution in [3.8, 4) is 0 Å². The number of amides is 1. The number of benzene rings is 1. The molecule has 28 heavy (non-hydrogen) atoms. The van der Waals surface area contributed by atoms with Crippen molar-refractivity contribution in [2.45, 2.75) is 29.9 Å². The van der Waals surface area contributed by atoms with Gasteiger partial charge in [0, 0.05) is 23.5 Å². The highest BCUT2D eigenvalue weighted by Crippen LogP contribution is 2.27. The highest BCUT2D eigenvalue weighted by atomic mass is 79.9. The van der Waals surface area contributed by atoms with Crippen LogP contribution in [0.2, 0.25) is 0 Å². The largest absolute Gasteiger partial charge is 0.300 e. The van der Waals surface area contributed by atoms with E-state index in [0.717, 1.165) is 20.1 Å². The second-order valence-corrected chi connectivity index (χ2v) is 11.7. The van der Waals surface area contributed by atoms with Crippen molar-refractivity contribution < 1.29 is 13.2 Å². The van der Waals surface area contributed by atoms with Gasteiger partial charge in [-0.1, -0.05) is 58.1 Å². The smallest absolute Gasteiger partial charge is 0.229 e. The molecule has 1 aromatic carbocycles. The first-order valence-corrected chi connectivity index (χ1v) is 13.1. The van der Waals surface area contributed by atoms with Crippen LogP contribution in [0.15, 0.2) is 33.1 Å². The van der Waals surface area contributed by atoms with E-state index in [1.165, 1.54) is 15.6 Å². The molecule has 0 saturated carbocycles. The van der Waals surface area contributed by atoms with Crippen LogP contribution in [0.1, 0.15) is 25.3 Å². The molecular formula is C17H21BrN4O3S3. The highest BCUT2D eigenvalue weighted by Gasteiger charge is 2.31. The molecule has 2 aromatic rings. The number of carbonyl (C=O) groups excluding carboxylic acids is 1. The average molecular weight is 505 g/mol. The van der Waals surface area contributed by atoms with Crippen molar-refractivity contribution in [3.05, 3.63) is 34.3 Å². The monoisotopic (exact) mass is 504 g/mol. The summed E-state index contributed by atoms with van der Waals surface area (Å²) < 4.78 is 28.5. The molecule has 0 spiro atoms. The number of carbonyl (C=O) groups is 1. The topological polar surface area (TPSA) is 92.3 Å². The summed E-state index contributed by atoms with van der Waals surface area (Å²) in [6.45, 7) is 2.73. The van der Waals surface area contributed by atoms with Crippen LogP contribution in [-0.2, 0) is 20.6 Å². The minimum absolute atomic E-state index is 0.0358. The van der Waals surface area contributed by atoms with Crippen LogP contribution >= 0.6 is 39.0 Å². The van der Waals surface area contributed by atoms with Crippen molar-refractivity contribution in [2.75, 3.05) is 24.2 Å². The maximum atomic E-state index is 12.7. The quantitative estimate of drug-likeness (QED) is 0.457. The molecule has 7 nitrogen and oxygen atoms in total. The Labute approximate surface area is 181 Å². The molecule has 11 heteroatoms. The maximum Gasteiger partial charge on any atom is 0.229 e. The summed E-state index contributed by atoms with van der Waals surface area (Å²) in [5.74, 6) is 0.526. The minimum atomic E-state index is -3.41. The second kappa shape index (κ2) is 9.66. The van der Waals surface area contributed by atoms with Crippen LogP contribution in [0.25, 0.3) is 0 Å².